The largest absolute Gasteiger partial charge is 0.544 e. The van der Waals surface area contributed by atoms with Crippen LogP contribution in [0.15, 0.2) is 0 Å². The average Bonchev–Trinajstić information content (AvgIpc) is 0.664. The first-order chi connectivity index (χ1) is 46.9. The van der Waals surface area contributed by atoms with Crippen molar-refractivity contribution in [3.8, 4) is 0 Å². The first-order valence-corrected chi connectivity index (χ1v) is 30.7. The highest BCUT2D eigenvalue weighted by molar-refractivity contribution is 5.87. The van der Waals surface area contributed by atoms with Gasteiger partial charge in [-0.3, -0.25) is 47.9 Å². The van der Waals surface area contributed by atoms with Gasteiger partial charge in [0.15, 0.2) is 35.6 Å². The van der Waals surface area contributed by atoms with Crippen LogP contribution in [0.4, 0.5) is 0 Å². The van der Waals surface area contributed by atoms with Gasteiger partial charge in [0.25, 0.3) is 5.79 Å². The Morgan fingerprint density at radius 3 is 1.57 bits per heavy atom. The van der Waals surface area contributed by atoms with Crippen LogP contribution in [0.1, 0.15) is 123 Å². The smallest absolute Gasteiger partial charge is 0.381 e. The molecule has 42 heteroatoms. The lowest BCUT2D eigenvalue weighted by Crippen LogP contribution is -2.86. The Hall–Kier alpha value is -8.43. The lowest BCUT2D eigenvalue weighted by atomic mass is 9.56. The van der Waals surface area contributed by atoms with E-state index >= 15 is 0 Å². The predicted octanol–water partition coefficient (Wildman–Crippen LogP) is -6.37. The summed E-state index contributed by atoms with van der Waals surface area (Å²) in [5.74, 6) is -23.5. The summed E-state index contributed by atoms with van der Waals surface area (Å²) in [5.41, 5.74) is -4.25. The fraction of sp³-hybridized carbons (Fsp3) is 0.750. The van der Waals surface area contributed by atoms with Crippen LogP contribution in [0.25, 0.3) is 0 Å². The molecule has 0 aromatic heterocycles. The molecule has 0 aliphatic carbocycles. The third-order valence-electron chi connectivity index (χ3n) is 16.5. The molecule has 11 fully saturated rings. The number of aliphatic carboxylic acids is 1. The molecule has 20 atom stereocenters. The second-order valence-corrected chi connectivity index (χ2v) is 24.6. The second-order valence-electron chi connectivity index (χ2n) is 24.6. The lowest BCUT2D eigenvalue weighted by molar-refractivity contribution is -0.435. The Balaban J connectivity index is 0.000000277. The van der Waals surface area contributed by atoms with E-state index in [9.17, 15) is 92.3 Å². The first kappa shape index (κ1) is 86.0. The summed E-state index contributed by atoms with van der Waals surface area (Å²) in [6, 6.07) is 0. The van der Waals surface area contributed by atoms with Gasteiger partial charge in [0.1, 0.15) is 61.9 Å². The van der Waals surface area contributed by atoms with Crippen molar-refractivity contribution >= 4 is 89.5 Å². The molecule has 0 saturated carbocycles. The molecular formula is C60H83O42-. The summed E-state index contributed by atoms with van der Waals surface area (Å²) in [5, 5.41) is 74.4. The first-order valence-electron chi connectivity index (χ1n) is 30.7. The molecule has 42 nitrogen and oxygen atoms in total. The van der Waals surface area contributed by atoms with E-state index in [1.165, 1.54) is 27.7 Å². The van der Waals surface area contributed by atoms with E-state index in [1.54, 1.807) is 20.8 Å². The van der Waals surface area contributed by atoms with Crippen molar-refractivity contribution in [1.82, 2.24) is 0 Å². The van der Waals surface area contributed by atoms with Gasteiger partial charge >= 0.3 is 101 Å². The summed E-state index contributed by atoms with van der Waals surface area (Å²) in [6.45, 7) is 15.7. The number of aliphatic hydroxyl groups excluding tert-OH is 5. The minimum atomic E-state index is -2.47. The highest BCUT2D eigenvalue weighted by atomic mass is 16.8. The van der Waals surface area contributed by atoms with Crippen LogP contribution < -0.4 is 5.11 Å². The number of carboxylic acids is 1. The molecule has 11 aliphatic rings. The number of methoxy groups -OCH3 is 1. The van der Waals surface area contributed by atoms with Crippen LogP contribution in [-0.2, 0) is 162 Å². The number of hydrogen-bond donors (Lipinski definition) is 7. The van der Waals surface area contributed by atoms with E-state index in [-0.39, 0.29) is 32.5 Å². The van der Waals surface area contributed by atoms with E-state index in [1.807, 2.05) is 0 Å². The van der Waals surface area contributed by atoms with Crippen molar-refractivity contribution < 1.29 is 203 Å². The molecular weight excluding hydrogens is 1390 g/mol. The Morgan fingerprint density at radius 1 is 0.549 bits per heavy atom. The van der Waals surface area contributed by atoms with Crippen LogP contribution >= 0.6 is 0 Å². The zero-order valence-electron chi connectivity index (χ0n) is 57.8. The van der Waals surface area contributed by atoms with Crippen LogP contribution in [0, 0.1) is 5.41 Å². The average molecular weight is 1480 g/mol. The molecule has 0 aromatic rings. The molecule has 576 valence electrons. The highest BCUT2D eigenvalue weighted by Crippen LogP contribution is 2.62. The van der Waals surface area contributed by atoms with Gasteiger partial charge in [-0.05, 0) is 27.7 Å². The fourth-order valence-corrected chi connectivity index (χ4v) is 11.6. The van der Waals surface area contributed by atoms with Crippen LogP contribution in [0.5, 0.6) is 0 Å². The maximum absolute atomic E-state index is 12.7. The number of aliphatic hydroxyl groups is 7. The Labute approximate surface area is 578 Å². The van der Waals surface area contributed by atoms with Crippen molar-refractivity contribution in [3.05, 3.63) is 0 Å². The van der Waals surface area contributed by atoms with E-state index in [0.29, 0.717) is 0 Å². The van der Waals surface area contributed by atoms with Gasteiger partial charge < -0.3 is 136 Å². The minimum absolute atomic E-state index is 0.283. The molecule has 0 amide bonds. The number of carboxylic acid groups (broad SMARTS) is 1. The zero-order valence-corrected chi connectivity index (χ0v) is 57.8. The molecule has 11 aliphatic heterocycles. The number of hydrogen-bond acceptors (Lipinski definition) is 42. The van der Waals surface area contributed by atoms with Crippen LogP contribution in [-0.4, -0.2) is 285 Å². The van der Waals surface area contributed by atoms with Gasteiger partial charge in [-0.25, -0.2) is 19.2 Å². The summed E-state index contributed by atoms with van der Waals surface area (Å²) < 4.78 is 97.2. The van der Waals surface area contributed by atoms with Crippen molar-refractivity contribution in [1.29, 1.82) is 0 Å². The number of esters is 14. The van der Waals surface area contributed by atoms with Crippen molar-refractivity contribution in [2.24, 2.45) is 5.41 Å². The number of ether oxygens (including phenoxy) is 19. The standard InChI is InChI=1S/C17H24O9.C16H20O11.C13H18O9.C8H12O7.C6H10O6/c1-9(18)22-8-12-15(6)16(7,23-10(2)19)14(4,5)17(25-12,13(21)26-15)24-11(3)20;1-7(17)22-6-12(24-9(3)19)14-13-11(23-8(2)18)5-16(27-14,15(21)25-13)26-10(4)20;1-7(14)20-10-5-13(12(17)18-4,22-9(3)16)19-6-11(10)21-8(2)15;9-2-4(11)6-5-3(10)1-8(13,15-6)7(12)14-5;7-3-1-6(11,5(9)10)12-2-4(3)8/h12H,8H2,1-7H3;11-14H,5-6H2,1-4H3;10-11H,5-6H2,1-4H3;3-6,9-11,13H,1-2H2;3-4,7-8,11H,1-2H2,(H,9,10)/p-1/t12?,15-,16?,17?;11?,12?,13-,14?,16?;10?,11-,13+;3?,4-,5-,6?,8?;3?,4-,6-/m01111/s1. The topological polar surface area (TPSA) is 596 Å². The third kappa shape index (κ3) is 19.4. The normalized spacial score (nSPS) is 35.2. The number of fused-ring (bicyclic) bond motifs is 9. The van der Waals surface area contributed by atoms with Gasteiger partial charge in [0, 0.05) is 82.1 Å². The molecule has 0 radical (unpaired) electrons. The van der Waals surface area contributed by atoms with E-state index in [4.69, 9.17) is 101 Å². The summed E-state index contributed by atoms with van der Waals surface area (Å²) in [7, 11) is 1.09. The SMILES string of the molecule is CC(=O)OCC(OC(C)=O)C1OC2(OC(C)=O)CC(OC(C)=O)[C@H]1OC2=O.CC(=O)OCC1OC2(OC(C)=O)C(=O)O[C@]1(C)C(C)(OC(C)=O)C2(C)C.COC(=O)[C@@]1(OC(C)=O)CC(OC(C)=O)[C@H](OC(C)=O)CO1.O=C([O-])[C@@]1(O)CC(O)[C@H](O)CO1.O=C1O[C@@H]2C(O)CC1(O)OC2[C@H](O)CO. The van der Waals surface area contributed by atoms with Gasteiger partial charge in [-0.2, -0.15) is 0 Å². The molecule has 7 N–H and O–H groups in total. The minimum Gasteiger partial charge on any atom is -0.544 e. The van der Waals surface area contributed by atoms with Gasteiger partial charge in [-0.15, -0.1) is 0 Å². The number of carbonyl (C=O) groups is 15. The third-order valence-corrected chi connectivity index (χ3v) is 16.5. The molecule has 11 rings (SSSR count). The summed E-state index contributed by atoms with van der Waals surface area (Å²) >= 11 is 0. The van der Waals surface area contributed by atoms with E-state index in [2.05, 4.69) is 9.47 Å². The number of rotatable bonds is 17. The highest BCUT2D eigenvalue weighted by Gasteiger charge is 2.83. The molecule has 0 aromatic carbocycles. The monoisotopic (exact) mass is 1480 g/mol. The predicted molar refractivity (Wildman–Crippen MR) is 310 cm³/mol. The Bertz CT molecular complexity index is 3180. The number of carbonyl (C=O) groups excluding carboxylic acids is 15. The van der Waals surface area contributed by atoms with E-state index in [0.717, 1.165) is 55.6 Å². The maximum atomic E-state index is 12.7. The zero-order chi connectivity index (χ0) is 78.0. The molecule has 12 unspecified atom stereocenters. The second kappa shape index (κ2) is 33.8. The molecule has 0 spiro atoms. The maximum Gasteiger partial charge on any atom is 0.381 e. The molecule has 11 saturated heterocycles. The lowest BCUT2D eigenvalue weighted by Gasteiger charge is -2.67. The Kier molecular flexibility index (Phi) is 28.5. The van der Waals surface area contributed by atoms with Gasteiger partial charge in [0.2, 0.25) is 5.79 Å². The molecule has 11 heterocycles. The quantitative estimate of drug-likeness (QED) is 0.0526. The van der Waals surface area contributed by atoms with Gasteiger partial charge in [0.05, 0.1) is 57.4 Å². The summed E-state index contributed by atoms with van der Waals surface area (Å²) in [4.78, 5) is 172. The van der Waals surface area contributed by atoms with Crippen LogP contribution in [0.3, 0.4) is 0 Å². The summed E-state index contributed by atoms with van der Waals surface area (Å²) in [6.07, 6.45) is -16.1. The fourth-order valence-electron chi connectivity index (χ4n) is 11.6. The van der Waals surface area contributed by atoms with Crippen molar-refractivity contribution in [2.45, 2.75) is 242 Å². The molecule has 6 bridgehead atoms. The van der Waals surface area contributed by atoms with Crippen LogP contribution in [0.2, 0.25) is 0 Å². The van der Waals surface area contributed by atoms with Crippen molar-refractivity contribution in [3.63, 3.8) is 0 Å². The van der Waals surface area contributed by atoms with Crippen molar-refractivity contribution in [2.75, 3.05) is 40.1 Å². The molecule has 102 heavy (non-hydrogen) atoms. The Morgan fingerprint density at radius 2 is 1.09 bits per heavy atom. The van der Waals surface area contributed by atoms with E-state index < -0.39 is 241 Å². The van der Waals surface area contributed by atoms with Gasteiger partial charge in [-0.1, -0.05) is 0 Å².